The highest BCUT2D eigenvalue weighted by atomic mass is 32.2. The summed E-state index contributed by atoms with van der Waals surface area (Å²) in [5.41, 5.74) is 9.92. The number of carbonyl (C=O) groups excluding carboxylic acids is 1. The zero-order valence-corrected chi connectivity index (χ0v) is 25.5. The van der Waals surface area contributed by atoms with E-state index in [0.29, 0.717) is 17.9 Å². The smallest absolute Gasteiger partial charge is 0.293 e. The topological polar surface area (TPSA) is 154 Å². The molecule has 0 spiro atoms. The second kappa shape index (κ2) is 14.4. The molecular weight excluding hydrogens is 592 g/mol. The van der Waals surface area contributed by atoms with Gasteiger partial charge in [0, 0.05) is 12.1 Å². The van der Waals surface area contributed by atoms with E-state index in [-0.39, 0.29) is 28.7 Å². The number of carbonyl (C=O) groups is 1. The van der Waals surface area contributed by atoms with Crippen LogP contribution in [-0.4, -0.2) is 31.3 Å². The molecule has 1 aliphatic rings. The molecule has 1 saturated carbocycles. The highest BCUT2D eigenvalue weighted by Crippen LogP contribution is 2.31. The zero-order valence-electron chi connectivity index (χ0n) is 24.7. The number of amides is 1. The van der Waals surface area contributed by atoms with Crippen LogP contribution in [-0.2, 0) is 27.8 Å². The summed E-state index contributed by atoms with van der Waals surface area (Å²) in [5.74, 6) is -0.282. The molecule has 1 aliphatic carbocycles. The summed E-state index contributed by atoms with van der Waals surface area (Å²) in [4.78, 5) is 23.4. The minimum Gasteiger partial charge on any atom is -0.489 e. The van der Waals surface area contributed by atoms with E-state index in [2.05, 4.69) is 29.6 Å². The van der Waals surface area contributed by atoms with Gasteiger partial charge < -0.3 is 15.8 Å². The van der Waals surface area contributed by atoms with Crippen molar-refractivity contribution in [3.8, 4) is 16.9 Å². The maximum absolute atomic E-state index is 13.0. The Kier molecular flexibility index (Phi) is 10.1. The number of sulfonamides is 1. The Morgan fingerprint density at radius 2 is 1.53 bits per heavy atom. The summed E-state index contributed by atoms with van der Waals surface area (Å²) in [7, 11) is -4.39. The monoisotopic (exact) mass is 628 g/mol. The van der Waals surface area contributed by atoms with Crippen molar-refractivity contribution < 1.29 is 22.9 Å². The van der Waals surface area contributed by atoms with Crippen LogP contribution in [0.15, 0.2) is 102 Å². The normalized spacial score (nSPS) is 14.3. The van der Waals surface area contributed by atoms with Crippen LogP contribution in [0.5, 0.6) is 5.75 Å². The molecule has 0 unspecified atom stereocenters. The molecule has 0 saturated heterocycles. The van der Waals surface area contributed by atoms with Gasteiger partial charge in [-0.25, -0.2) is 13.1 Å². The SMILES string of the molecule is N[C@@H](Cc1ccc(OCc2ccc(-c3ccccc3)cc2)cc1)C(=O)NS(=O)(=O)c1ccc(NC2CCCCC2)c([N+](=O)[O-])c1. The van der Waals surface area contributed by atoms with Crippen LogP contribution in [0.4, 0.5) is 11.4 Å². The van der Waals surface area contributed by atoms with Gasteiger partial charge in [-0.1, -0.05) is 86.0 Å². The summed E-state index contributed by atoms with van der Waals surface area (Å²) in [6.07, 6.45) is 5.06. The number of nitrogens with zero attached hydrogens (tertiary/aromatic N) is 1. The van der Waals surface area contributed by atoms with Gasteiger partial charge in [-0.05, 0) is 65.8 Å². The molecule has 4 aromatic rings. The van der Waals surface area contributed by atoms with E-state index in [1.165, 1.54) is 12.1 Å². The van der Waals surface area contributed by atoms with Crippen molar-refractivity contribution in [1.82, 2.24) is 4.72 Å². The van der Waals surface area contributed by atoms with Crippen LogP contribution in [0.1, 0.15) is 43.2 Å². The lowest BCUT2D eigenvalue weighted by Gasteiger charge is -2.23. The largest absolute Gasteiger partial charge is 0.489 e. The number of nitrogens with two attached hydrogens (primary N) is 1. The minimum atomic E-state index is -4.39. The summed E-state index contributed by atoms with van der Waals surface area (Å²) < 4.78 is 33.8. The first-order valence-corrected chi connectivity index (χ1v) is 16.4. The number of hydrogen-bond acceptors (Lipinski definition) is 8. The zero-order chi connectivity index (χ0) is 31.8. The van der Waals surface area contributed by atoms with Crippen molar-refractivity contribution in [2.75, 3.05) is 5.32 Å². The lowest BCUT2D eigenvalue weighted by atomic mass is 9.95. The van der Waals surface area contributed by atoms with Crippen molar-refractivity contribution in [2.24, 2.45) is 5.73 Å². The fourth-order valence-corrected chi connectivity index (χ4v) is 6.39. The average Bonchev–Trinajstić information content (AvgIpc) is 3.05. The van der Waals surface area contributed by atoms with Crippen molar-refractivity contribution in [3.63, 3.8) is 0 Å². The predicted octanol–water partition coefficient (Wildman–Crippen LogP) is 5.96. The van der Waals surface area contributed by atoms with E-state index in [4.69, 9.17) is 10.5 Å². The molecule has 0 bridgehead atoms. The van der Waals surface area contributed by atoms with Gasteiger partial charge in [-0.15, -0.1) is 0 Å². The second-order valence-electron chi connectivity index (χ2n) is 11.2. The number of rotatable bonds is 12. The molecular formula is C34H36N4O6S. The summed E-state index contributed by atoms with van der Waals surface area (Å²) in [6.45, 7) is 0.379. The van der Waals surface area contributed by atoms with Crippen molar-refractivity contribution in [1.29, 1.82) is 0 Å². The van der Waals surface area contributed by atoms with Gasteiger partial charge in [0.1, 0.15) is 18.0 Å². The molecule has 5 rings (SSSR count). The third-order valence-corrected chi connectivity index (χ3v) is 9.20. The van der Waals surface area contributed by atoms with E-state index in [9.17, 15) is 23.3 Å². The molecule has 0 radical (unpaired) electrons. The Labute approximate surface area is 262 Å². The lowest BCUT2D eigenvalue weighted by molar-refractivity contribution is -0.384. The molecule has 1 fully saturated rings. The molecule has 1 atom stereocenters. The second-order valence-corrected chi connectivity index (χ2v) is 12.9. The number of anilines is 1. The Morgan fingerprint density at radius 3 is 2.20 bits per heavy atom. The number of benzene rings is 4. The van der Waals surface area contributed by atoms with Crippen LogP contribution >= 0.6 is 0 Å². The average molecular weight is 629 g/mol. The first-order valence-electron chi connectivity index (χ1n) is 14.9. The first-order chi connectivity index (χ1) is 21.7. The number of nitro groups is 1. The van der Waals surface area contributed by atoms with Gasteiger partial charge in [0.25, 0.3) is 21.6 Å². The van der Waals surface area contributed by atoms with E-state index in [0.717, 1.165) is 54.9 Å². The third-order valence-electron chi connectivity index (χ3n) is 7.86. The van der Waals surface area contributed by atoms with Crippen LogP contribution in [0.2, 0.25) is 0 Å². The van der Waals surface area contributed by atoms with E-state index >= 15 is 0 Å². The molecule has 11 heteroatoms. The summed E-state index contributed by atoms with van der Waals surface area (Å²) in [6, 6.07) is 27.8. The molecule has 4 N–H and O–H groups in total. The summed E-state index contributed by atoms with van der Waals surface area (Å²) in [5, 5.41) is 14.9. The Hall–Kier alpha value is -4.74. The van der Waals surface area contributed by atoms with Gasteiger partial charge >= 0.3 is 0 Å². The fourth-order valence-electron chi connectivity index (χ4n) is 5.34. The predicted molar refractivity (Wildman–Crippen MR) is 173 cm³/mol. The molecule has 4 aromatic carbocycles. The molecule has 234 valence electrons. The molecule has 0 heterocycles. The molecule has 45 heavy (non-hydrogen) atoms. The number of nitrogens with one attached hydrogen (secondary N) is 2. The van der Waals surface area contributed by atoms with Gasteiger partial charge in [0.15, 0.2) is 0 Å². The van der Waals surface area contributed by atoms with E-state index < -0.39 is 26.9 Å². The highest BCUT2D eigenvalue weighted by molar-refractivity contribution is 7.90. The van der Waals surface area contributed by atoms with Crippen LogP contribution in [0, 0.1) is 10.1 Å². The van der Waals surface area contributed by atoms with Crippen molar-refractivity contribution >= 4 is 27.3 Å². The van der Waals surface area contributed by atoms with Crippen LogP contribution in [0.25, 0.3) is 11.1 Å². The van der Waals surface area contributed by atoms with Crippen LogP contribution < -0.4 is 20.5 Å². The lowest BCUT2D eigenvalue weighted by Crippen LogP contribution is -2.44. The van der Waals surface area contributed by atoms with Gasteiger partial charge in [0.2, 0.25) is 0 Å². The first kappa shape index (κ1) is 31.7. The van der Waals surface area contributed by atoms with Crippen LogP contribution in [0.3, 0.4) is 0 Å². The van der Waals surface area contributed by atoms with Gasteiger partial charge in [-0.3, -0.25) is 14.9 Å². The molecule has 10 nitrogen and oxygen atoms in total. The van der Waals surface area contributed by atoms with Gasteiger partial charge in [0.05, 0.1) is 15.9 Å². The minimum absolute atomic E-state index is 0.0764. The molecule has 0 aromatic heterocycles. The van der Waals surface area contributed by atoms with Crippen molar-refractivity contribution in [3.05, 3.63) is 118 Å². The Morgan fingerprint density at radius 1 is 0.889 bits per heavy atom. The Balaban J connectivity index is 1.14. The van der Waals surface area contributed by atoms with Crippen molar-refractivity contribution in [2.45, 2.75) is 62.1 Å². The fraction of sp³-hybridized carbons (Fsp3) is 0.265. The maximum Gasteiger partial charge on any atom is 0.293 e. The summed E-state index contributed by atoms with van der Waals surface area (Å²) >= 11 is 0. The molecule has 1 amide bonds. The third kappa shape index (κ3) is 8.46. The maximum atomic E-state index is 13.0. The van der Waals surface area contributed by atoms with Gasteiger partial charge in [-0.2, -0.15) is 0 Å². The quantitative estimate of drug-likeness (QED) is 0.128. The standard InChI is InChI=1S/C34H36N4O6S/c35-31(21-24-13-17-29(18-14-24)44-23-25-11-15-27(16-12-25)26-7-3-1-4-8-26)34(39)37-45(42,43)30-19-20-32(33(22-30)38(40)41)36-28-9-5-2-6-10-28/h1,3-4,7-8,11-20,22,28,31,36H,2,5-6,9-10,21,23,35H2,(H,37,39)/t31-/m0/s1. The van der Waals surface area contributed by atoms with E-state index in [1.54, 1.807) is 24.3 Å². The number of ether oxygens (including phenoxy) is 1. The Bertz CT molecular complexity index is 1720. The number of nitro benzene ring substituents is 1. The number of hydrogen-bond donors (Lipinski definition) is 3. The molecule has 0 aliphatic heterocycles. The van der Waals surface area contributed by atoms with E-state index in [1.807, 2.05) is 35.1 Å². The highest BCUT2D eigenvalue weighted by Gasteiger charge is 2.26.